The lowest BCUT2D eigenvalue weighted by Crippen LogP contribution is -2.37. The molecule has 3 N–H and O–H groups in total. The summed E-state index contributed by atoms with van der Waals surface area (Å²) in [5, 5.41) is 9.53. The molecule has 11 heteroatoms. The summed E-state index contributed by atoms with van der Waals surface area (Å²) in [7, 11) is 0. The van der Waals surface area contributed by atoms with Gasteiger partial charge in [0.2, 0.25) is 11.8 Å². The van der Waals surface area contributed by atoms with Gasteiger partial charge in [-0.2, -0.15) is 0 Å². The summed E-state index contributed by atoms with van der Waals surface area (Å²) >= 11 is 1.23. The summed E-state index contributed by atoms with van der Waals surface area (Å²) in [5.74, 6) is 0.557. The Morgan fingerprint density at radius 2 is 1.87 bits per heavy atom. The Bertz CT molecular complexity index is 1590. The lowest BCUT2D eigenvalue weighted by Gasteiger charge is -2.28. The van der Waals surface area contributed by atoms with Crippen LogP contribution in [0.1, 0.15) is 28.9 Å². The van der Waals surface area contributed by atoms with Gasteiger partial charge in [-0.25, -0.2) is 14.8 Å². The number of amides is 4. The van der Waals surface area contributed by atoms with Crippen LogP contribution in [0.25, 0.3) is 10.2 Å². The third kappa shape index (κ3) is 4.79. The number of rotatable bonds is 7. The summed E-state index contributed by atoms with van der Waals surface area (Å²) in [6.45, 7) is 3.48. The quantitative estimate of drug-likeness (QED) is 0.280. The normalized spacial score (nSPS) is 17.9. The third-order valence-corrected chi connectivity index (χ3v) is 7.79. The minimum atomic E-state index is -0.408. The van der Waals surface area contributed by atoms with Gasteiger partial charge in [0.1, 0.15) is 15.5 Å². The summed E-state index contributed by atoms with van der Waals surface area (Å²) in [6.07, 6.45) is 6.57. The van der Waals surface area contributed by atoms with Crippen molar-refractivity contribution in [3.63, 3.8) is 0 Å². The predicted octanol–water partition coefficient (Wildman–Crippen LogP) is 5.12. The number of benzene rings is 1. The maximum Gasteiger partial charge on any atom is 0.331 e. The fourth-order valence-electron chi connectivity index (χ4n) is 4.93. The highest BCUT2D eigenvalue weighted by molar-refractivity contribution is 7.21. The van der Waals surface area contributed by atoms with Crippen molar-refractivity contribution in [2.45, 2.75) is 31.3 Å². The second kappa shape index (κ2) is 10.2. The van der Waals surface area contributed by atoms with Crippen LogP contribution in [0, 0.1) is 0 Å². The van der Waals surface area contributed by atoms with Crippen LogP contribution in [0.3, 0.4) is 0 Å². The molecule has 1 aromatic carbocycles. The Morgan fingerprint density at radius 3 is 2.62 bits per heavy atom. The first-order valence-electron chi connectivity index (χ1n) is 12.5. The summed E-state index contributed by atoms with van der Waals surface area (Å²) in [4.78, 5) is 49.6. The Balaban J connectivity index is 1.24. The number of pyridine rings is 2. The van der Waals surface area contributed by atoms with E-state index in [0.717, 1.165) is 12.8 Å². The van der Waals surface area contributed by atoms with Crippen molar-refractivity contribution in [1.29, 1.82) is 0 Å². The molecule has 1 saturated carbocycles. The fourth-order valence-corrected chi connectivity index (χ4v) is 5.95. The minimum absolute atomic E-state index is 0.0128. The molecule has 2 aliphatic rings. The molecule has 1 fully saturated rings. The van der Waals surface area contributed by atoms with Gasteiger partial charge >= 0.3 is 6.03 Å². The highest BCUT2D eigenvalue weighted by atomic mass is 32.1. The molecule has 0 spiro atoms. The van der Waals surface area contributed by atoms with Crippen molar-refractivity contribution < 1.29 is 19.1 Å². The molecule has 2 atom stereocenters. The van der Waals surface area contributed by atoms with E-state index in [1.807, 2.05) is 30.3 Å². The Morgan fingerprint density at radius 1 is 1.08 bits per heavy atom. The van der Waals surface area contributed by atoms with E-state index in [0.29, 0.717) is 50.2 Å². The van der Waals surface area contributed by atoms with E-state index in [1.54, 1.807) is 30.6 Å². The molecule has 0 bridgehead atoms. The van der Waals surface area contributed by atoms with Crippen LogP contribution < -0.4 is 25.6 Å². The lowest BCUT2D eigenvalue weighted by atomic mass is 10.1. The molecule has 1 aliphatic heterocycles. The van der Waals surface area contributed by atoms with Gasteiger partial charge in [0, 0.05) is 24.3 Å². The smallest absolute Gasteiger partial charge is 0.331 e. The number of carbonyl (C=O) groups excluding carboxylic acids is 3. The first kappa shape index (κ1) is 24.6. The van der Waals surface area contributed by atoms with Crippen LogP contribution >= 0.6 is 11.3 Å². The van der Waals surface area contributed by atoms with Gasteiger partial charge in [-0.1, -0.05) is 24.8 Å². The number of para-hydroxylation sites is 1. The van der Waals surface area contributed by atoms with Gasteiger partial charge in [-0.3, -0.25) is 14.5 Å². The Kier molecular flexibility index (Phi) is 6.41. The van der Waals surface area contributed by atoms with E-state index >= 15 is 0 Å². The van der Waals surface area contributed by atoms with E-state index in [-0.39, 0.29) is 23.9 Å². The van der Waals surface area contributed by atoms with E-state index in [4.69, 9.17) is 4.74 Å². The number of thiophene rings is 1. The van der Waals surface area contributed by atoms with Crippen LogP contribution in [-0.4, -0.2) is 39.9 Å². The number of hydrogen-bond donors (Lipinski definition) is 3. The first-order chi connectivity index (χ1) is 19.0. The van der Waals surface area contributed by atoms with Crippen LogP contribution in [-0.2, 0) is 4.79 Å². The van der Waals surface area contributed by atoms with Crippen LogP contribution in [0.15, 0.2) is 73.6 Å². The van der Waals surface area contributed by atoms with Crippen molar-refractivity contribution in [2.24, 2.45) is 0 Å². The van der Waals surface area contributed by atoms with Crippen LogP contribution in [0.4, 0.5) is 21.9 Å². The number of nitrogens with one attached hydrogen (secondary N) is 3. The van der Waals surface area contributed by atoms with Crippen LogP contribution in [0.2, 0.25) is 0 Å². The van der Waals surface area contributed by atoms with Gasteiger partial charge < -0.3 is 20.7 Å². The molecule has 4 aromatic rings. The zero-order chi connectivity index (χ0) is 26.9. The number of hydrogen-bond acceptors (Lipinski definition) is 7. The highest BCUT2D eigenvalue weighted by Crippen LogP contribution is 2.45. The maximum absolute atomic E-state index is 13.3. The number of carbonyl (C=O) groups is 3. The van der Waals surface area contributed by atoms with Gasteiger partial charge in [-0.15, -0.1) is 11.3 Å². The molecule has 10 nitrogen and oxygen atoms in total. The van der Waals surface area contributed by atoms with Crippen molar-refractivity contribution in [3.05, 3.63) is 78.5 Å². The second-order valence-electron chi connectivity index (χ2n) is 9.24. The second-order valence-corrected chi connectivity index (χ2v) is 10.2. The van der Waals surface area contributed by atoms with Crippen molar-refractivity contribution in [1.82, 2.24) is 20.6 Å². The molecule has 3 aromatic heterocycles. The molecule has 4 amide bonds. The fraction of sp³-hybridized carbons (Fsp3) is 0.179. The van der Waals surface area contributed by atoms with Crippen molar-refractivity contribution in [2.75, 3.05) is 10.2 Å². The number of urea groups is 1. The zero-order valence-electron chi connectivity index (χ0n) is 20.7. The summed E-state index contributed by atoms with van der Waals surface area (Å²) < 4.78 is 5.77. The molecule has 1 aliphatic carbocycles. The van der Waals surface area contributed by atoms with Gasteiger partial charge in [-0.05, 0) is 49.6 Å². The molecule has 39 heavy (non-hydrogen) atoms. The molecule has 0 radical (unpaired) electrons. The van der Waals surface area contributed by atoms with Crippen molar-refractivity contribution >= 4 is 56.5 Å². The molecule has 196 valence electrons. The van der Waals surface area contributed by atoms with Gasteiger partial charge in [0.05, 0.1) is 28.6 Å². The predicted molar refractivity (Wildman–Crippen MR) is 149 cm³/mol. The SMILES string of the molecule is C=CC(=O)N[C@H]1CC[C@H](NC(=O)c2sc3nccc4c3c2NC(=O)N4c2ccc(Oc3ccccc3)nc2)C1. The van der Waals surface area contributed by atoms with Gasteiger partial charge in [0.25, 0.3) is 5.91 Å². The Hall–Kier alpha value is -4.77. The van der Waals surface area contributed by atoms with Crippen LogP contribution in [0.5, 0.6) is 11.6 Å². The average molecular weight is 541 g/mol. The Labute approximate surface area is 227 Å². The molecule has 6 rings (SSSR count). The first-order valence-corrected chi connectivity index (χ1v) is 13.3. The van der Waals surface area contributed by atoms with E-state index in [2.05, 4.69) is 32.5 Å². The van der Waals surface area contributed by atoms with E-state index < -0.39 is 6.03 Å². The molecule has 4 heterocycles. The number of anilines is 3. The number of ether oxygens (including phenoxy) is 1. The van der Waals surface area contributed by atoms with Crippen molar-refractivity contribution in [3.8, 4) is 11.6 Å². The molecular formula is C28H24N6O4S. The third-order valence-electron chi connectivity index (χ3n) is 6.70. The topological polar surface area (TPSA) is 126 Å². The minimum Gasteiger partial charge on any atom is -0.439 e. The van der Waals surface area contributed by atoms with Gasteiger partial charge in [0.15, 0.2) is 0 Å². The molecule has 0 saturated heterocycles. The summed E-state index contributed by atoms with van der Waals surface area (Å²) in [5.41, 5.74) is 1.60. The molecular weight excluding hydrogens is 516 g/mol. The van der Waals surface area contributed by atoms with E-state index in [1.165, 1.54) is 22.3 Å². The zero-order valence-corrected chi connectivity index (χ0v) is 21.5. The average Bonchev–Trinajstić information content (AvgIpc) is 3.55. The number of aromatic nitrogens is 2. The summed E-state index contributed by atoms with van der Waals surface area (Å²) in [6, 6.07) is 14.0. The molecule has 0 unspecified atom stereocenters. The number of nitrogens with zero attached hydrogens (tertiary/aromatic N) is 3. The largest absolute Gasteiger partial charge is 0.439 e. The maximum atomic E-state index is 13.3. The standard InChI is InChI=1S/C28H24N6O4S/c1-2-21(35)31-16-8-9-17(14-16)32-26(36)25-24-23-20(12-13-29-27(23)39-25)34(28(37)33-24)18-10-11-22(30-15-18)38-19-6-4-3-5-7-19/h2-7,10-13,15-17H,1,8-9,14H2,(H,31,35)(H,32,36)(H,33,37)/t16-,17-/m0/s1. The lowest BCUT2D eigenvalue weighted by molar-refractivity contribution is -0.117. The monoisotopic (exact) mass is 540 g/mol. The highest BCUT2D eigenvalue weighted by Gasteiger charge is 2.34. The van der Waals surface area contributed by atoms with E-state index in [9.17, 15) is 14.4 Å².